The van der Waals surface area contributed by atoms with E-state index in [1.165, 1.54) is 0 Å². The van der Waals surface area contributed by atoms with Gasteiger partial charge in [0.1, 0.15) is 5.75 Å². The number of ether oxygens (including phenoxy) is 1. The third-order valence-electron chi connectivity index (χ3n) is 3.20. The number of hydrogen-bond acceptors (Lipinski definition) is 4. The van der Waals surface area contributed by atoms with Crippen molar-refractivity contribution < 1.29 is 14.3 Å². The lowest BCUT2D eigenvalue weighted by atomic mass is 10.0. The van der Waals surface area contributed by atoms with Crippen molar-refractivity contribution in [2.45, 2.75) is 32.9 Å². The Labute approximate surface area is 129 Å². The standard InChI is InChI=1S/C14H19N3O3.ClH/c1-7(2)12(15)14(19)16-9-4-5-11-10(6-9)17-13(18)8(3)20-11;/h4-8,12H,15H2,1-3H3,(H,16,19)(H,17,18);1H. The quantitative estimate of drug-likeness (QED) is 0.792. The number of fused-ring (bicyclic) bond motifs is 1. The van der Waals surface area contributed by atoms with E-state index in [-0.39, 0.29) is 30.1 Å². The minimum Gasteiger partial charge on any atom is -0.479 e. The Hall–Kier alpha value is -1.79. The summed E-state index contributed by atoms with van der Waals surface area (Å²) in [4.78, 5) is 23.4. The van der Waals surface area contributed by atoms with Crippen LogP contribution in [0.3, 0.4) is 0 Å². The van der Waals surface area contributed by atoms with Crippen molar-refractivity contribution >= 4 is 35.6 Å². The van der Waals surface area contributed by atoms with Crippen LogP contribution >= 0.6 is 12.4 Å². The second-order valence-electron chi connectivity index (χ2n) is 5.22. The zero-order chi connectivity index (χ0) is 14.9. The van der Waals surface area contributed by atoms with Crippen molar-refractivity contribution in [3.05, 3.63) is 18.2 Å². The first kappa shape index (κ1) is 17.3. The van der Waals surface area contributed by atoms with Gasteiger partial charge in [-0.05, 0) is 31.0 Å². The number of hydrogen-bond donors (Lipinski definition) is 3. The number of anilines is 2. The molecule has 0 bridgehead atoms. The molecule has 0 spiro atoms. The smallest absolute Gasteiger partial charge is 0.265 e. The molecule has 116 valence electrons. The molecule has 0 fully saturated rings. The minimum atomic E-state index is -0.572. The Morgan fingerprint density at radius 3 is 2.71 bits per heavy atom. The van der Waals surface area contributed by atoms with E-state index in [9.17, 15) is 9.59 Å². The molecule has 2 amide bonds. The summed E-state index contributed by atoms with van der Waals surface area (Å²) >= 11 is 0. The van der Waals surface area contributed by atoms with Crippen molar-refractivity contribution in [2.24, 2.45) is 11.7 Å². The summed E-state index contributed by atoms with van der Waals surface area (Å²) in [6.45, 7) is 5.44. The summed E-state index contributed by atoms with van der Waals surface area (Å²) in [7, 11) is 0. The molecule has 1 heterocycles. The molecular formula is C14H20ClN3O3. The monoisotopic (exact) mass is 313 g/mol. The Morgan fingerprint density at radius 1 is 1.43 bits per heavy atom. The maximum atomic E-state index is 11.9. The van der Waals surface area contributed by atoms with Gasteiger partial charge in [-0.2, -0.15) is 0 Å². The van der Waals surface area contributed by atoms with Gasteiger partial charge < -0.3 is 21.1 Å². The molecule has 2 rings (SSSR count). The maximum Gasteiger partial charge on any atom is 0.265 e. The molecule has 0 saturated heterocycles. The summed E-state index contributed by atoms with van der Waals surface area (Å²) in [6.07, 6.45) is -0.516. The molecule has 21 heavy (non-hydrogen) atoms. The highest BCUT2D eigenvalue weighted by Crippen LogP contribution is 2.32. The van der Waals surface area contributed by atoms with E-state index in [1.54, 1.807) is 25.1 Å². The lowest BCUT2D eigenvalue weighted by molar-refractivity contribution is -0.122. The summed E-state index contributed by atoms with van der Waals surface area (Å²) in [5, 5.41) is 5.46. The van der Waals surface area contributed by atoms with Crippen molar-refractivity contribution in [1.29, 1.82) is 0 Å². The van der Waals surface area contributed by atoms with Gasteiger partial charge >= 0.3 is 0 Å². The zero-order valence-electron chi connectivity index (χ0n) is 12.2. The summed E-state index contributed by atoms with van der Waals surface area (Å²) in [5.41, 5.74) is 6.90. The van der Waals surface area contributed by atoms with Gasteiger partial charge in [-0.15, -0.1) is 12.4 Å². The number of amides is 2. The third-order valence-corrected chi connectivity index (χ3v) is 3.20. The van der Waals surface area contributed by atoms with Crippen LogP contribution in [0.4, 0.5) is 11.4 Å². The van der Waals surface area contributed by atoms with Gasteiger partial charge in [-0.25, -0.2) is 0 Å². The summed E-state index contributed by atoms with van der Waals surface area (Å²) in [6, 6.07) is 4.51. The lowest BCUT2D eigenvalue weighted by Crippen LogP contribution is -2.39. The topological polar surface area (TPSA) is 93.4 Å². The second kappa shape index (κ2) is 6.78. The number of halogens is 1. The molecular weight excluding hydrogens is 294 g/mol. The van der Waals surface area contributed by atoms with Crippen LogP contribution in [0.15, 0.2) is 18.2 Å². The van der Waals surface area contributed by atoms with Crippen molar-refractivity contribution in [1.82, 2.24) is 0 Å². The average Bonchev–Trinajstić information content (AvgIpc) is 2.39. The molecule has 0 aliphatic carbocycles. The third kappa shape index (κ3) is 3.86. The normalized spacial score (nSPS) is 18.0. The first-order chi connectivity index (χ1) is 9.38. The predicted octanol–water partition coefficient (Wildman–Crippen LogP) is 1.75. The molecule has 6 nitrogen and oxygen atoms in total. The van der Waals surface area contributed by atoms with Gasteiger partial charge in [0.25, 0.3) is 5.91 Å². The van der Waals surface area contributed by atoms with E-state index in [4.69, 9.17) is 10.5 Å². The van der Waals surface area contributed by atoms with Crippen LogP contribution < -0.4 is 21.1 Å². The Morgan fingerprint density at radius 2 is 2.10 bits per heavy atom. The number of carbonyl (C=O) groups is 2. The molecule has 0 aromatic heterocycles. The summed E-state index contributed by atoms with van der Waals surface area (Å²) < 4.78 is 5.44. The van der Waals surface area contributed by atoms with E-state index >= 15 is 0 Å². The van der Waals surface area contributed by atoms with Crippen LogP contribution in [0, 0.1) is 5.92 Å². The number of rotatable bonds is 3. The first-order valence-electron chi connectivity index (χ1n) is 6.56. The van der Waals surface area contributed by atoms with Gasteiger partial charge in [0, 0.05) is 5.69 Å². The van der Waals surface area contributed by atoms with Crippen LogP contribution in [0.5, 0.6) is 5.75 Å². The molecule has 1 aromatic carbocycles. The maximum absolute atomic E-state index is 11.9. The molecule has 0 radical (unpaired) electrons. The zero-order valence-corrected chi connectivity index (χ0v) is 13.0. The average molecular weight is 314 g/mol. The van der Waals surface area contributed by atoms with Gasteiger partial charge in [0.15, 0.2) is 6.10 Å². The molecule has 4 N–H and O–H groups in total. The fourth-order valence-corrected chi connectivity index (χ4v) is 1.81. The van der Waals surface area contributed by atoms with Crippen LogP contribution in [-0.2, 0) is 9.59 Å². The van der Waals surface area contributed by atoms with Crippen LogP contribution in [0.2, 0.25) is 0 Å². The SMILES string of the molecule is CC1Oc2ccc(NC(=O)C(N)C(C)C)cc2NC1=O.Cl. The second-order valence-corrected chi connectivity index (χ2v) is 5.22. The molecule has 2 unspecified atom stereocenters. The number of carbonyl (C=O) groups excluding carboxylic acids is 2. The van der Waals surface area contributed by atoms with Crippen molar-refractivity contribution in [3.63, 3.8) is 0 Å². The molecule has 0 saturated carbocycles. The molecule has 1 aromatic rings. The van der Waals surface area contributed by atoms with Crippen LogP contribution in [0.25, 0.3) is 0 Å². The van der Waals surface area contributed by atoms with Gasteiger partial charge in [0.05, 0.1) is 11.7 Å². The van der Waals surface area contributed by atoms with Gasteiger partial charge in [-0.3, -0.25) is 9.59 Å². The van der Waals surface area contributed by atoms with E-state index in [2.05, 4.69) is 10.6 Å². The lowest BCUT2D eigenvalue weighted by Gasteiger charge is -2.24. The fraction of sp³-hybridized carbons (Fsp3) is 0.429. The van der Waals surface area contributed by atoms with E-state index in [1.807, 2.05) is 13.8 Å². The number of nitrogens with one attached hydrogen (secondary N) is 2. The van der Waals surface area contributed by atoms with Crippen LogP contribution in [0.1, 0.15) is 20.8 Å². The summed E-state index contributed by atoms with van der Waals surface area (Å²) in [5.74, 6) is 0.177. The Kier molecular flexibility index (Phi) is 5.57. The molecule has 1 aliphatic rings. The highest BCUT2D eigenvalue weighted by atomic mass is 35.5. The number of nitrogens with two attached hydrogens (primary N) is 1. The van der Waals surface area contributed by atoms with Crippen molar-refractivity contribution in [2.75, 3.05) is 10.6 Å². The van der Waals surface area contributed by atoms with E-state index < -0.39 is 12.1 Å². The molecule has 7 heteroatoms. The predicted molar refractivity (Wildman–Crippen MR) is 83.9 cm³/mol. The van der Waals surface area contributed by atoms with E-state index in [0.29, 0.717) is 17.1 Å². The number of benzene rings is 1. The van der Waals surface area contributed by atoms with Gasteiger partial charge in [0.2, 0.25) is 5.91 Å². The van der Waals surface area contributed by atoms with Crippen molar-refractivity contribution in [3.8, 4) is 5.75 Å². The van der Waals surface area contributed by atoms with E-state index in [0.717, 1.165) is 0 Å². The Balaban J connectivity index is 0.00000220. The first-order valence-corrected chi connectivity index (χ1v) is 6.56. The highest BCUT2D eigenvalue weighted by Gasteiger charge is 2.24. The molecule has 2 atom stereocenters. The highest BCUT2D eigenvalue weighted by molar-refractivity contribution is 6.00. The van der Waals surface area contributed by atoms with Crippen LogP contribution in [-0.4, -0.2) is 24.0 Å². The molecule has 1 aliphatic heterocycles. The fourth-order valence-electron chi connectivity index (χ4n) is 1.81. The largest absolute Gasteiger partial charge is 0.479 e. The Bertz CT molecular complexity index is 548. The van der Waals surface area contributed by atoms with Gasteiger partial charge in [-0.1, -0.05) is 13.8 Å². The minimum absolute atomic E-state index is 0.